The maximum absolute atomic E-state index is 9.72. The van der Waals surface area contributed by atoms with E-state index in [-0.39, 0.29) is 11.1 Å². The Balaban J connectivity index is 1.79. The molecule has 2 aromatic rings. The standard InChI is InChI=1S/C26H34O2Si/c1-21(22-17-18-23(27)20-22)12-11-19-28-29(26(2,3)4,24-13-7-5-8-14-24)25-15-9-6-10-16-25/h5-10,13-18,22-23,27H,1,11-12,19-20H2,2-4H3/t22-,23-/m0/s1. The van der Waals surface area contributed by atoms with Crippen LogP contribution in [-0.2, 0) is 4.43 Å². The van der Waals surface area contributed by atoms with Gasteiger partial charge in [0.1, 0.15) is 0 Å². The highest BCUT2D eigenvalue weighted by Crippen LogP contribution is 2.37. The molecule has 2 atom stereocenters. The lowest BCUT2D eigenvalue weighted by molar-refractivity contribution is 0.213. The van der Waals surface area contributed by atoms with E-state index in [1.807, 2.05) is 6.08 Å². The highest BCUT2D eigenvalue weighted by Gasteiger charge is 2.49. The van der Waals surface area contributed by atoms with Crippen LogP contribution in [0.4, 0.5) is 0 Å². The average molecular weight is 407 g/mol. The van der Waals surface area contributed by atoms with Crippen LogP contribution in [0.1, 0.15) is 40.0 Å². The summed E-state index contributed by atoms with van der Waals surface area (Å²) in [6, 6.07) is 21.5. The van der Waals surface area contributed by atoms with E-state index in [0.717, 1.165) is 19.3 Å². The maximum Gasteiger partial charge on any atom is 0.261 e. The monoisotopic (exact) mass is 406 g/mol. The second-order valence-corrected chi connectivity index (χ2v) is 13.4. The Bertz CT molecular complexity index is 781. The Morgan fingerprint density at radius 3 is 2.00 bits per heavy atom. The summed E-state index contributed by atoms with van der Waals surface area (Å²) >= 11 is 0. The van der Waals surface area contributed by atoms with Gasteiger partial charge in [-0.25, -0.2) is 0 Å². The average Bonchev–Trinajstić information content (AvgIpc) is 3.15. The molecule has 154 valence electrons. The van der Waals surface area contributed by atoms with Crippen molar-refractivity contribution in [3.8, 4) is 0 Å². The Labute approximate surface area is 177 Å². The number of benzene rings is 2. The molecule has 3 rings (SSSR count). The molecule has 2 aromatic carbocycles. The fourth-order valence-electron chi connectivity index (χ4n) is 4.45. The molecule has 1 N–H and O–H groups in total. The molecule has 0 amide bonds. The molecule has 0 fully saturated rings. The van der Waals surface area contributed by atoms with Gasteiger partial charge in [-0.3, -0.25) is 0 Å². The van der Waals surface area contributed by atoms with Crippen molar-refractivity contribution in [2.75, 3.05) is 6.61 Å². The van der Waals surface area contributed by atoms with Crippen molar-refractivity contribution in [2.24, 2.45) is 5.92 Å². The van der Waals surface area contributed by atoms with Crippen LogP contribution in [0.15, 0.2) is 85.0 Å². The molecule has 0 aromatic heterocycles. The second kappa shape index (κ2) is 9.25. The molecule has 29 heavy (non-hydrogen) atoms. The number of hydrogen-bond donors (Lipinski definition) is 1. The van der Waals surface area contributed by atoms with Gasteiger partial charge in [-0.05, 0) is 34.7 Å². The molecule has 1 aliphatic carbocycles. The fourth-order valence-corrected chi connectivity index (χ4v) is 9.06. The van der Waals surface area contributed by atoms with E-state index in [1.165, 1.54) is 15.9 Å². The van der Waals surface area contributed by atoms with Gasteiger partial charge in [0, 0.05) is 12.5 Å². The second-order valence-electron chi connectivity index (χ2n) is 9.07. The third-order valence-electron chi connectivity index (χ3n) is 5.96. The summed E-state index contributed by atoms with van der Waals surface area (Å²) in [6.45, 7) is 11.9. The van der Waals surface area contributed by atoms with E-state index in [4.69, 9.17) is 4.43 Å². The van der Waals surface area contributed by atoms with Crippen LogP contribution in [0.2, 0.25) is 5.04 Å². The number of allylic oxidation sites excluding steroid dienone is 2. The maximum atomic E-state index is 9.72. The van der Waals surface area contributed by atoms with E-state index in [0.29, 0.717) is 12.5 Å². The molecule has 0 heterocycles. The number of hydrogen-bond acceptors (Lipinski definition) is 2. The molecule has 1 aliphatic rings. The van der Waals surface area contributed by atoms with Crippen molar-refractivity contribution < 1.29 is 9.53 Å². The van der Waals surface area contributed by atoms with Crippen molar-refractivity contribution in [1.29, 1.82) is 0 Å². The molecule has 2 nitrogen and oxygen atoms in total. The van der Waals surface area contributed by atoms with Gasteiger partial charge < -0.3 is 9.53 Å². The van der Waals surface area contributed by atoms with Crippen LogP contribution < -0.4 is 10.4 Å². The Morgan fingerprint density at radius 2 is 1.55 bits per heavy atom. The molecule has 0 unspecified atom stereocenters. The minimum Gasteiger partial charge on any atom is -0.407 e. The molecule has 0 aliphatic heterocycles. The zero-order valence-electron chi connectivity index (χ0n) is 18.0. The highest BCUT2D eigenvalue weighted by molar-refractivity contribution is 6.99. The summed E-state index contributed by atoms with van der Waals surface area (Å²) in [5.41, 5.74) is 1.20. The zero-order valence-corrected chi connectivity index (χ0v) is 19.0. The minimum absolute atomic E-state index is 0.00498. The Kier molecular flexibility index (Phi) is 6.94. The smallest absolute Gasteiger partial charge is 0.261 e. The summed E-state index contributed by atoms with van der Waals surface area (Å²) in [7, 11) is -2.45. The predicted octanol–water partition coefficient (Wildman–Crippen LogP) is 4.84. The van der Waals surface area contributed by atoms with Crippen molar-refractivity contribution in [1.82, 2.24) is 0 Å². The lowest BCUT2D eigenvalue weighted by Gasteiger charge is -2.43. The number of aliphatic hydroxyl groups is 1. The summed E-state index contributed by atoms with van der Waals surface area (Å²) in [4.78, 5) is 0. The van der Waals surface area contributed by atoms with Crippen LogP contribution in [0.5, 0.6) is 0 Å². The fraction of sp³-hybridized carbons (Fsp3) is 0.385. The van der Waals surface area contributed by atoms with Gasteiger partial charge in [0.25, 0.3) is 8.32 Å². The first-order valence-corrected chi connectivity index (χ1v) is 12.5. The summed E-state index contributed by atoms with van der Waals surface area (Å²) in [5.74, 6) is 0.304. The van der Waals surface area contributed by atoms with Gasteiger partial charge in [0.15, 0.2) is 0 Å². The van der Waals surface area contributed by atoms with Gasteiger partial charge in [-0.15, -0.1) is 0 Å². The Morgan fingerprint density at radius 1 is 1.00 bits per heavy atom. The van der Waals surface area contributed by atoms with Crippen molar-refractivity contribution in [3.63, 3.8) is 0 Å². The first-order valence-electron chi connectivity index (χ1n) is 10.6. The molecule has 3 heteroatoms. The third-order valence-corrected chi connectivity index (χ3v) is 11.0. The summed E-state index contributed by atoms with van der Waals surface area (Å²) < 4.78 is 6.93. The predicted molar refractivity (Wildman–Crippen MR) is 125 cm³/mol. The minimum atomic E-state index is -2.45. The van der Waals surface area contributed by atoms with Crippen LogP contribution in [-0.4, -0.2) is 26.1 Å². The van der Waals surface area contributed by atoms with Crippen LogP contribution in [0.25, 0.3) is 0 Å². The zero-order chi connectivity index (χ0) is 20.9. The number of rotatable bonds is 8. The van der Waals surface area contributed by atoms with Gasteiger partial charge >= 0.3 is 0 Å². The normalized spacial score (nSPS) is 19.4. The van der Waals surface area contributed by atoms with Crippen molar-refractivity contribution >= 4 is 18.7 Å². The molecule has 0 saturated heterocycles. The van der Waals surface area contributed by atoms with Crippen LogP contribution in [0, 0.1) is 5.92 Å². The van der Waals surface area contributed by atoms with E-state index in [1.54, 1.807) is 0 Å². The molecule has 0 bridgehead atoms. The Hall–Kier alpha value is -1.94. The molecular weight excluding hydrogens is 372 g/mol. The van der Waals surface area contributed by atoms with E-state index < -0.39 is 8.32 Å². The molecule has 0 spiro atoms. The van der Waals surface area contributed by atoms with Gasteiger partial charge in [-0.1, -0.05) is 106 Å². The van der Waals surface area contributed by atoms with Crippen LogP contribution >= 0.6 is 0 Å². The quantitative estimate of drug-likeness (QED) is 0.386. The van der Waals surface area contributed by atoms with Gasteiger partial charge in [0.2, 0.25) is 0 Å². The first kappa shape index (κ1) is 21.8. The van der Waals surface area contributed by atoms with Gasteiger partial charge in [0.05, 0.1) is 6.10 Å². The third kappa shape index (κ3) is 4.80. The molecule has 0 saturated carbocycles. The first-order chi connectivity index (χ1) is 13.8. The highest BCUT2D eigenvalue weighted by atomic mass is 28.4. The van der Waals surface area contributed by atoms with E-state index in [2.05, 4.69) is 94.1 Å². The lowest BCUT2D eigenvalue weighted by atomic mass is 9.96. The molecular formula is C26H34O2Si. The summed E-state index contributed by atoms with van der Waals surface area (Å²) in [5, 5.41) is 12.4. The lowest BCUT2D eigenvalue weighted by Crippen LogP contribution is -2.66. The van der Waals surface area contributed by atoms with Crippen molar-refractivity contribution in [2.45, 2.75) is 51.2 Å². The van der Waals surface area contributed by atoms with Crippen LogP contribution in [0.3, 0.4) is 0 Å². The topological polar surface area (TPSA) is 29.5 Å². The largest absolute Gasteiger partial charge is 0.407 e. The SMILES string of the molecule is C=C(CCCO[Si](c1ccccc1)(c1ccccc1)C(C)(C)C)[C@H]1C=C[C@H](O)C1. The van der Waals surface area contributed by atoms with E-state index >= 15 is 0 Å². The molecule has 0 radical (unpaired) electrons. The van der Waals surface area contributed by atoms with Gasteiger partial charge in [-0.2, -0.15) is 0 Å². The summed E-state index contributed by atoms with van der Waals surface area (Å²) in [6.07, 6.45) is 6.31. The van der Waals surface area contributed by atoms with E-state index in [9.17, 15) is 5.11 Å². The van der Waals surface area contributed by atoms with Crippen molar-refractivity contribution in [3.05, 3.63) is 85.0 Å². The number of aliphatic hydroxyl groups excluding tert-OH is 1.